The number of hydrogen-bond acceptors (Lipinski definition) is 3. The van der Waals surface area contributed by atoms with Crippen molar-refractivity contribution in [2.45, 2.75) is 45.6 Å². The van der Waals surface area contributed by atoms with Crippen LogP contribution in [-0.4, -0.2) is 25.8 Å². The van der Waals surface area contributed by atoms with Gasteiger partial charge in [-0.2, -0.15) is 0 Å². The number of allylic oxidation sites excluding steroid dienone is 1. The standard InChI is InChI=1S/C13H22O3/c1-10(2)8-9-16-12-6-4-11(5-7-12)13(14)15-3/h8,11-12H,4-7,9H2,1-3H3. The Morgan fingerprint density at radius 3 is 2.38 bits per heavy atom. The Hall–Kier alpha value is -0.830. The number of carbonyl (C=O) groups is 1. The van der Waals surface area contributed by atoms with Gasteiger partial charge in [-0.05, 0) is 39.5 Å². The van der Waals surface area contributed by atoms with Crippen LogP contribution in [0.2, 0.25) is 0 Å². The van der Waals surface area contributed by atoms with E-state index in [1.807, 2.05) is 0 Å². The first-order valence-electron chi connectivity index (χ1n) is 5.96. The molecular weight excluding hydrogens is 204 g/mol. The van der Waals surface area contributed by atoms with Crippen LogP contribution in [0.25, 0.3) is 0 Å². The molecule has 3 heteroatoms. The average Bonchev–Trinajstić information content (AvgIpc) is 2.28. The van der Waals surface area contributed by atoms with E-state index >= 15 is 0 Å². The second-order valence-corrected chi connectivity index (χ2v) is 4.61. The van der Waals surface area contributed by atoms with Crippen LogP contribution in [0, 0.1) is 5.92 Å². The van der Waals surface area contributed by atoms with Gasteiger partial charge in [0.1, 0.15) is 0 Å². The number of hydrogen-bond donors (Lipinski definition) is 0. The molecule has 0 radical (unpaired) electrons. The van der Waals surface area contributed by atoms with Gasteiger partial charge in [0.15, 0.2) is 0 Å². The zero-order valence-electron chi connectivity index (χ0n) is 10.5. The third-order valence-corrected chi connectivity index (χ3v) is 3.03. The van der Waals surface area contributed by atoms with E-state index in [-0.39, 0.29) is 11.9 Å². The van der Waals surface area contributed by atoms with Gasteiger partial charge in [-0.15, -0.1) is 0 Å². The Labute approximate surface area is 97.8 Å². The molecule has 0 saturated heterocycles. The van der Waals surface area contributed by atoms with Crippen LogP contribution >= 0.6 is 0 Å². The largest absolute Gasteiger partial charge is 0.469 e. The van der Waals surface area contributed by atoms with E-state index in [1.165, 1.54) is 12.7 Å². The summed E-state index contributed by atoms with van der Waals surface area (Å²) in [6, 6.07) is 0. The lowest BCUT2D eigenvalue weighted by atomic mass is 9.87. The van der Waals surface area contributed by atoms with Gasteiger partial charge in [0, 0.05) is 0 Å². The lowest BCUT2D eigenvalue weighted by Crippen LogP contribution is -2.27. The smallest absolute Gasteiger partial charge is 0.308 e. The average molecular weight is 226 g/mol. The van der Waals surface area contributed by atoms with Gasteiger partial charge < -0.3 is 9.47 Å². The van der Waals surface area contributed by atoms with Crippen molar-refractivity contribution < 1.29 is 14.3 Å². The summed E-state index contributed by atoms with van der Waals surface area (Å²) in [5, 5.41) is 0. The molecule has 1 fully saturated rings. The second kappa shape index (κ2) is 6.69. The van der Waals surface area contributed by atoms with Crippen LogP contribution in [0.15, 0.2) is 11.6 Å². The number of methoxy groups -OCH3 is 1. The summed E-state index contributed by atoms with van der Waals surface area (Å²) in [6.45, 7) is 4.82. The molecule has 0 aromatic heterocycles. The summed E-state index contributed by atoms with van der Waals surface area (Å²) in [4.78, 5) is 11.3. The fraction of sp³-hybridized carbons (Fsp3) is 0.769. The van der Waals surface area contributed by atoms with Gasteiger partial charge in [-0.3, -0.25) is 4.79 Å². The molecule has 0 N–H and O–H groups in total. The van der Waals surface area contributed by atoms with Crippen LogP contribution < -0.4 is 0 Å². The first-order chi connectivity index (χ1) is 7.63. The second-order valence-electron chi connectivity index (χ2n) is 4.61. The fourth-order valence-corrected chi connectivity index (χ4v) is 1.98. The molecule has 0 aromatic rings. The van der Waals surface area contributed by atoms with Crippen LogP contribution in [-0.2, 0) is 14.3 Å². The van der Waals surface area contributed by atoms with Crippen molar-refractivity contribution in [3.05, 3.63) is 11.6 Å². The SMILES string of the molecule is COC(=O)C1CCC(OCC=C(C)C)CC1. The summed E-state index contributed by atoms with van der Waals surface area (Å²) < 4.78 is 10.5. The Morgan fingerprint density at radius 2 is 1.88 bits per heavy atom. The van der Waals surface area contributed by atoms with E-state index in [9.17, 15) is 4.79 Å². The first kappa shape index (κ1) is 13.2. The monoisotopic (exact) mass is 226 g/mol. The highest BCUT2D eigenvalue weighted by Gasteiger charge is 2.26. The van der Waals surface area contributed by atoms with E-state index in [1.54, 1.807) is 0 Å². The molecule has 3 nitrogen and oxygen atoms in total. The summed E-state index contributed by atoms with van der Waals surface area (Å²) in [7, 11) is 1.46. The maximum atomic E-state index is 11.3. The zero-order chi connectivity index (χ0) is 12.0. The third kappa shape index (κ3) is 4.35. The molecule has 0 aromatic carbocycles. The minimum atomic E-state index is -0.0669. The van der Waals surface area contributed by atoms with Gasteiger partial charge in [0.05, 0.1) is 25.7 Å². The molecule has 16 heavy (non-hydrogen) atoms. The highest BCUT2D eigenvalue weighted by Crippen LogP contribution is 2.26. The molecule has 0 aliphatic heterocycles. The van der Waals surface area contributed by atoms with Gasteiger partial charge in [0.2, 0.25) is 0 Å². The third-order valence-electron chi connectivity index (χ3n) is 3.03. The molecule has 92 valence electrons. The van der Waals surface area contributed by atoms with Crippen LogP contribution in [0.4, 0.5) is 0 Å². The Morgan fingerprint density at radius 1 is 1.25 bits per heavy atom. The van der Waals surface area contributed by atoms with Crippen molar-refractivity contribution in [1.29, 1.82) is 0 Å². The summed E-state index contributed by atoms with van der Waals surface area (Å²) in [6.07, 6.45) is 6.13. The maximum Gasteiger partial charge on any atom is 0.308 e. The minimum absolute atomic E-state index is 0.0669. The zero-order valence-corrected chi connectivity index (χ0v) is 10.5. The van der Waals surface area contributed by atoms with Gasteiger partial charge in [-0.1, -0.05) is 11.6 Å². The molecule has 1 aliphatic rings. The topological polar surface area (TPSA) is 35.5 Å². The number of ether oxygens (including phenoxy) is 2. The van der Waals surface area contributed by atoms with Crippen molar-refractivity contribution >= 4 is 5.97 Å². The summed E-state index contributed by atoms with van der Waals surface area (Å²) in [5.74, 6) is 0.0241. The number of carbonyl (C=O) groups excluding carboxylic acids is 1. The van der Waals surface area contributed by atoms with E-state index in [0.29, 0.717) is 12.7 Å². The van der Waals surface area contributed by atoms with Gasteiger partial charge >= 0.3 is 5.97 Å². The van der Waals surface area contributed by atoms with Gasteiger partial charge in [0.25, 0.3) is 0 Å². The molecule has 0 bridgehead atoms. The molecule has 1 aliphatic carbocycles. The lowest BCUT2D eigenvalue weighted by Gasteiger charge is -2.26. The van der Waals surface area contributed by atoms with Crippen LogP contribution in [0.1, 0.15) is 39.5 Å². The number of esters is 1. The van der Waals surface area contributed by atoms with Crippen molar-refractivity contribution in [1.82, 2.24) is 0 Å². The molecule has 0 unspecified atom stereocenters. The van der Waals surface area contributed by atoms with Gasteiger partial charge in [-0.25, -0.2) is 0 Å². The van der Waals surface area contributed by atoms with Crippen molar-refractivity contribution in [3.63, 3.8) is 0 Å². The van der Waals surface area contributed by atoms with E-state index in [4.69, 9.17) is 9.47 Å². The highest BCUT2D eigenvalue weighted by molar-refractivity contribution is 5.72. The molecule has 0 atom stereocenters. The minimum Gasteiger partial charge on any atom is -0.469 e. The van der Waals surface area contributed by atoms with E-state index in [2.05, 4.69) is 19.9 Å². The number of rotatable bonds is 4. The fourth-order valence-electron chi connectivity index (χ4n) is 1.98. The highest BCUT2D eigenvalue weighted by atomic mass is 16.5. The maximum absolute atomic E-state index is 11.3. The molecule has 1 saturated carbocycles. The summed E-state index contributed by atoms with van der Waals surface area (Å²) in [5.41, 5.74) is 1.28. The van der Waals surface area contributed by atoms with Crippen molar-refractivity contribution in [3.8, 4) is 0 Å². The first-order valence-corrected chi connectivity index (χ1v) is 5.96. The molecular formula is C13H22O3. The predicted octanol–water partition coefficient (Wildman–Crippen LogP) is 2.70. The molecule has 1 rings (SSSR count). The molecule has 0 heterocycles. The van der Waals surface area contributed by atoms with Crippen molar-refractivity contribution in [2.75, 3.05) is 13.7 Å². The Balaban J connectivity index is 2.22. The Kier molecular flexibility index (Phi) is 5.53. The summed E-state index contributed by atoms with van der Waals surface area (Å²) >= 11 is 0. The van der Waals surface area contributed by atoms with Crippen LogP contribution in [0.3, 0.4) is 0 Å². The normalized spacial score (nSPS) is 24.9. The lowest BCUT2D eigenvalue weighted by molar-refractivity contribution is -0.147. The van der Waals surface area contributed by atoms with Crippen molar-refractivity contribution in [2.24, 2.45) is 5.92 Å². The van der Waals surface area contributed by atoms with E-state index in [0.717, 1.165) is 25.7 Å². The predicted molar refractivity (Wildman–Crippen MR) is 63.1 cm³/mol. The van der Waals surface area contributed by atoms with Crippen LogP contribution in [0.5, 0.6) is 0 Å². The Bertz CT molecular complexity index is 246. The quantitative estimate of drug-likeness (QED) is 0.546. The van der Waals surface area contributed by atoms with E-state index < -0.39 is 0 Å². The molecule has 0 spiro atoms. The molecule has 0 amide bonds.